The van der Waals surface area contributed by atoms with Crippen molar-refractivity contribution in [2.45, 2.75) is 19.5 Å². The zero-order valence-corrected chi connectivity index (χ0v) is 13.0. The molecular weight excluding hydrogens is 280 g/mol. The number of hydrogen-bond donors (Lipinski definition) is 1. The van der Waals surface area contributed by atoms with Crippen LogP contribution in [0.15, 0.2) is 48.2 Å². The lowest BCUT2D eigenvalue weighted by Crippen LogP contribution is -2.19. The predicted octanol–water partition coefficient (Wildman–Crippen LogP) is 3.39. The molecule has 0 bridgehead atoms. The highest BCUT2D eigenvalue weighted by Gasteiger charge is 2.11. The second-order valence-corrected chi connectivity index (χ2v) is 5.92. The molecule has 1 N–H and O–H groups in total. The van der Waals surface area contributed by atoms with Gasteiger partial charge in [0.05, 0.1) is 11.7 Å². The average Bonchev–Trinajstić information content (AvgIpc) is 3.15. The number of thiazole rings is 1. The van der Waals surface area contributed by atoms with Crippen molar-refractivity contribution in [1.29, 1.82) is 0 Å². The molecule has 0 aliphatic rings. The van der Waals surface area contributed by atoms with Gasteiger partial charge in [-0.3, -0.25) is 4.98 Å². The molecule has 0 aromatic carbocycles. The molecule has 3 heterocycles. The predicted molar refractivity (Wildman–Crippen MR) is 86.0 cm³/mol. The summed E-state index contributed by atoms with van der Waals surface area (Å²) in [5, 5.41) is 6.71. The molecule has 0 saturated heterocycles. The average molecular weight is 298 g/mol. The summed E-state index contributed by atoms with van der Waals surface area (Å²) < 4.78 is 2.13. The van der Waals surface area contributed by atoms with Gasteiger partial charge < -0.3 is 9.88 Å². The molecule has 4 nitrogen and oxygen atoms in total. The molecule has 3 rings (SSSR count). The number of nitrogens with zero attached hydrogens (tertiary/aromatic N) is 3. The molecule has 0 unspecified atom stereocenters. The van der Waals surface area contributed by atoms with Crippen LogP contribution in [-0.2, 0) is 13.6 Å². The van der Waals surface area contributed by atoms with Crippen molar-refractivity contribution in [1.82, 2.24) is 19.9 Å². The van der Waals surface area contributed by atoms with Gasteiger partial charge in [0.1, 0.15) is 5.01 Å². The Morgan fingerprint density at radius 2 is 2.24 bits per heavy atom. The van der Waals surface area contributed by atoms with Crippen LogP contribution < -0.4 is 5.32 Å². The van der Waals surface area contributed by atoms with Gasteiger partial charge in [0.2, 0.25) is 0 Å². The standard InChI is InChI=1S/C16H18N4S/c1-12(18-10-14-6-4-8-20(14)2)16-19-15(11-21-16)13-5-3-7-17-9-13/h3-9,11-12,18H,10H2,1-2H3/t12-/m1/s1. The Kier molecular flexibility index (Phi) is 4.13. The van der Waals surface area contributed by atoms with Gasteiger partial charge in [-0.2, -0.15) is 0 Å². The quantitative estimate of drug-likeness (QED) is 0.785. The van der Waals surface area contributed by atoms with E-state index < -0.39 is 0 Å². The summed E-state index contributed by atoms with van der Waals surface area (Å²) in [6, 6.07) is 8.39. The molecule has 0 aliphatic carbocycles. The van der Waals surface area contributed by atoms with Crippen LogP contribution in [0.4, 0.5) is 0 Å². The second kappa shape index (κ2) is 6.20. The first-order valence-corrected chi connectivity index (χ1v) is 7.81. The van der Waals surface area contributed by atoms with E-state index in [0.29, 0.717) is 0 Å². The van der Waals surface area contributed by atoms with E-state index >= 15 is 0 Å². The molecule has 0 saturated carbocycles. The molecule has 5 heteroatoms. The van der Waals surface area contributed by atoms with Gasteiger partial charge in [0, 0.05) is 48.8 Å². The fourth-order valence-corrected chi connectivity index (χ4v) is 3.02. The number of aromatic nitrogens is 3. The normalized spacial score (nSPS) is 12.5. The first kappa shape index (κ1) is 14.0. The molecule has 108 valence electrons. The van der Waals surface area contributed by atoms with Gasteiger partial charge >= 0.3 is 0 Å². The maximum absolute atomic E-state index is 4.71. The van der Waals surface area contributed by atoms with Crippen LogP contribution in [0.3, 0.4) is 0 Å². The van der Waals surface area contributed by atoms with Crippen LogP contribution in [0.5, 0.6) is 0 Å². The molecule has 3 aromatic heterocycles. The van der Waals surface area contributed by atoms with E-state index in [0.717, 1.165) is 22.8 Å². The Bertz CT molecular complexity index is 702. The van der Waals surface area contributed by atoms with E-state index in [1.165, 1.54) is 5.69 Å². The Labute approximate surface area is 128 Å². The van der Waals surface area contributed by atoms with Crippen LogP contribution in [-0.4, -0.2) is 14.5 Å². The molecular formula is C16H18N4S. The summed E-state index contributed by atoms with van der Waals surface area (Å²) in [6.07, 6.45) is 5.69. The van der Waals surface area contributed by atoms with Crippen molar-refractivity contribution in [2.75, 3.05) is 0 Å². The highest BCUT2D eigenvalue weighted by molar-refractivity contribution is 7.10. The number of aryl methyl sites for hydroxylation is 1. The van der Waals surface area contributed by atoms with Gasteiger partial charge in [-0.25, -0.2) is 4.98 Å². The molecule has 0 aliphatic heterocycles. The van der Waals surface area contributed by atoms with Crippen molar-refractivity contribution < 1.29 is 0 Å². The minimum Gasteiger partial charge on any atom is -0.353 e. The third kappa shape index (κ3) is 3.20. The second-order valence-electron chi connectivity index (χ2n) is 5.03. The van der Waals surface area contributed by atoms with E-state index in [1.54, 1.807) is 17.5 Å². The zero-order valence-electron chi connectivity index (χ0n) is 12.2. The highest BCUT2D eigenvalue weighted by atomic mass is 32.1. The summed E-state index contributed by atoms with van der Waals surface area (Å²) in [5.74, 6) is 0. The molecule has 0 amide bonds. The maximum Gasteiger partial charge on any atom is 0.110 e. The zero-order chi connectivity index (χ0) is 14.7. The summed E-state index contributed by atoms with van der Waals surface area (Å²) in [6.45, 7) is 2.99. The molecule has 0 fully saturated rings. The Morgan fingerprint density at radius 3 is 2.95 bits per heavy atom. The monoisotopic (exact) mass is 298 g/mol. The van der Waals surface area contributed by atoms with Crippen molar-refractivity contribution in [3.63, 3.8) is 0 Å². The van der Waals surface area contributed by atoms with Crippen molar-refractivity contribution in [3.05, 3.63) is 58.9 Å². The molecule has 21 heavy (non-hydrogen) atoms. The summed E-state index contributed by atoms with van der Waals surface area (Å²) in [7, 11) is 2.06. The van der Waals surface area contributed by atoms with Gasteiger partial charge in [-0.1, -0.05) is 0 Å². The van der Waals surface area contributed by atoms with E-state index in [4.69, 9.17) is 4.98 Å². The fraction of sp³-hybridized carbons (Fsp3) is 0.250. The number of hydrogen-bond acceptors (Lipinski definition) is 4. The van der Waals surface area contributed by atoms with Crippen LogP contribution in [0.2, 0.25) is 0 Å². The molecule has 0 radical (unpaired) electrons. The van der Waals surface area contributed by atoms with Crippen LogP contribution in [0.25, 0.3) is 11.3 Å². The largest absolute Gasteiger partial charge is 0.353 e. The van der Waals surface area contributed by atoms with E-state index in [2.05, 4.69) is 52.5 Å². The molecule has 1 atom stereocenters. The number of nitrogens with one attached hydrogen (secondary N) is 1. The third-order valence-electron chi connectivity index (χ3n) is 3.49. The number of pyridine rings is 1. The topological polar surface area (TPSA) is 42.7 Å². The maximum atomic E-state index is 4.71. The summed E-state index contributed by atoms with van der Waals surface area (Å²) >= 11 is 1.69. The molecule has 3 aromatic rings. The Morgan fingerprint density at radius 1 is 1.33 bits per heavy atom. The fourth-order valence-electron chi connectivity index (χ4n) is 2.16. The van der Waals surface area contributed by atoms with Crippen molar-refractivity contribution >= 4 is 11.3 Å². The SMILES string of the molecule is C[C@@H](NCc1cccn1C)c1nc(-c2cccnc2)cs1. The first-order chi connectivity index (χ1) is 10.2. The van der Waals surface area contributed by atoms with Crippen LogP contribution in [0, 0.1) is 0 Å². The minimum absolute atomic E-state index is 0.232. The van der Waals surface area contributed by atoms with E-state index in [-0.39, 0.29) is 6.04 Å². The lowest BCUT2D eigenvalue weighted by molar-refractivity contribution is 0.556. The third-order valence-corrected chi connectivity index (χ3v) is 4.52. The van der Waals surface area contributed by atoms with Gasteiger partial charge in [0.15, 0.2) is 0 Å². The van der Waals surface area contributed by atoms with Gasteiger partial charge in [0.25, 0.3) is 0 Å². The lowest BCUT2D eigenvalue weighted by atomic mass is 10.2. The van der Waals surface area contributed by atoms with Crippen molar-refractivity contribution in [2.24, 2.45) is 7.05 Å². The van der Waals surface area contributed by atoms with Crippen LogP contribution >= 0.6 is 11.3 Å². The smallest absolute Gasteiger partial charge is 0.110 e. The lowest BCUT2D eigenvalue weighted by Gasteiger charge is -2.11. The van der Waals surface area contributed by atoms with E-state index in [1.807, 2.05) is 18.3 Å². The van der Waals surface area contributed by atoms with Gasteiger partial charge in [-0.15, -0.1) is 11.3 Å². The number of rotatable bonds is 5. The Hall–Kier alpha value is -1.98. The molecule has 0 spiro atoms. The summed E-state index contributed by atoms with van der Waals surface area (Å²) in [5.41, 5.74) is 3.33. The first-order valence-electron chi connectivity index (χ1n) is 6.93. The van der Waals surface area contributed by atoms with Crippen LogP contribution in [0.1, 0.15) is 23.7 Å². The minimum atomic E-state index is 0.232. The van der Waals surface area contributed by atoms with Gasteiger partial charge in [-0.05, 0) is 31.2 Å². The van der Waals surface area contributed by atoms with E-state index in [9.17, 15) is 0 Å². The summed E-state index contributed by atoms with van der Waals surface area (Å²) in [4.78, 5) is 8.85. The Balaban J connectivity index is 1.67. The highest BCUT2D eigenvalue weighted by Crippen LogP contribution is 2.24. The van der Waals surface area contributed by atoms with Crippen molar-refractivity contribution in [3.8, 4) is 11.3 Å².